The highest BCUT2D eigenvalue weighted by atomic mass is 19.4. The third-order valence-electron chi connectivity index (χ3n) is 4.12. The number of aliphatic hydroxyl groups excluding tert-OH is 4. The van der Waals surface area contributed by atoms with Gasteiger partial charge in [0, 0.05) is 6.42 Å². The molecule has 18 heteroatoms. The molecular weight excluding hydrogens is 471 g/mol. The van der Waals surface area contributed by atoms with Gasteiger partial charge in [0.05, 0.1) is 6.10 Å². The Kier molecular flexibility index (Phi) is 6.72. The van der Waals surface area contributed by atoms with E-state index in [-0.39, 0.29) is 0 Å². The molecule has 0 spiro atoms. The lowest BCUT2D eigenvalue weighted by Crippen LogP contribution is -2.70. The van der Waals surface area contributed by atoms with Crippen molar-refractivity contribution in [2.75, 3.05) is 0 Å². The maximum Gasteiger partial charge on any atom is 0.460 e. The van der Waals surface area contributed by atoms with E-state index in [4.69, 9.17) is 10.2 Å². The van der Waals surface area contributed by atoms with Crippen LogP contribution in [0.3, 0.4) is 0 Å². The highest BCUT2D eigenvalue weighted by molar-refractivity contribution is 5.11. The van der Waals surface area contributed by atoms with Crippen molar-refractivity contribution in [2.24, 2.45) is 0 Å². The number of hydrogen-bond donors (Lipinski definition) is 4. The summed E-state index contributed by atoms with van der Waals surface area (Å²) in [5, 5.41) is 36.6. The molecule has 30 heavy (non-hydrogen) atoms. The predicted octanol–water partition coefficient (Wildman–Crippen LogP) is 1.92. The Morgan fingerprint density at radius 3 is 1.37 bits per heavy atom. The van der Waals surface area contributed by atoms with Gasteiger partial charge in [-0.15, -0.1) is 0 Å². The monoisotopic (exact) mass is 482 g/mol. The highest BCUT2D eigenvalue weighted by Gasteiger charge is 2.90. The quantitative estimate of drug-likeness (QED) is 0.417. The SMILES string of the molecule is OC1O[C@@H]([C@@H](O)CC(F)(F)C(F)(F)C(F)(F)C(F)(F)C(F)(F)C(F)(F)F)[C@H](O)[C@H]1O. The van der Waals surface area contributed by atoms with Crippen molar-refractivity contribution < 1.29 is 82.2 Å². The van der Waals surface area contributed by atoms with Crippen LogP contribution in [-0.4, -0.2) is 86.9 Å². The second kappa shape index (κ2) is 7.49. The van der Waals surface area contributed by atoms with Crippen LogP contribution < -0.4 is 0 Å². The maximum atomic E-state index is 13.6. The van der Waals surface area contributed by atoms with E-state index in [0.29, 0.717) is 0 Å². The maximum absolute atomic E-state index is 13.6. The summed E-state index contributed by atoms with van der Waals surface area (Å²) in [6, 6.07) is 0. The number of hydrogen-bond acceptors (Lipinski definition) is 5. The van der Waals surface area contributed by atoms with Crippen molar-refractivity contribution in [3.8, 4) is 0 Å². The molecule has 4 N–H and O–H groups in total. The average molecular weight is 482 g/mol. The smallest absolute Gasteiger partial charge is 0.390 e. The Hall–Kier alpha value is -1.11. The summed E-state index contributed by atoms with van der Waals surface area (Å²) in [6.45, 7) is 0. The number of aliphatic hydroxyl groups is 4. The molecule has 0 aliphatic carbocycles. The van der Waals surface area contributed by atoms with Gasteiger partial charge in [-0.05, 0) is 0 Å². The van der Waals surface area contributed by atoms with Gasteiger partial charge >= 0.3 is 35.8 Å². The van der Waals surface area contributed by atoms with Crippen LogP contribution in [0.5, 0.6) is 0 Å². The zero-order chi connectivity index (χ0) is 24.3. The first-order valence-corrected chi connectivity index (χ1v) is 7.31. The highest BCUT2D eigenvalue weighted by Crippen LogP contribution is 2.60. The third-order valence-corrected chi connectivity index (χ3v) is 4.12. The van der Waals surface area contributed by atoms with Crippen LogP contribution in [0.25, 0.3) is 0 Å². The minimum absolute atomic E-state index is 2.32. The summed E-state index contributed by atoms with van der Waals surface area (Å²) in [5.41, 5.74) is 0. The number of ether oxygens (including phenoxy) is 1. The Morgan fingerprint density at radius 1 is 0.633 bits per heavy atom. The fourth-order valence-corrected chi connectivity index (χ4v) is 2.31. The summed E-state index contributed by atoms with van der Waals surface area (Å²) in [7, 11) is 0. The van der Waals surface area contributed by atoms with Crippen LogP contribution in [0, 0.1) is 0 Å². The molecular formula is C12H11F13O5. The van der Waals surface area contributed by atoms with Gasteiger partial charge in [-0.3, -0.25) is 0 Å². The number of alkyl halides is 13. The van der Waals surface area contributed by atoms with Gasteiger partial charge in [0.25, 0.3) is 0 Å². The van der Waals surface area contributed by atoms with Crippen molar-refractivity contribution in [2.45, 2.75) is 72.9 Å². The number of halogens is 13. The predicted molar refractivity (Wildman–Crippen MR) is 64.3 cm³/mol. The van der Waals surface area contributed by atoms with E-state index in [2.05, 4.69) is 4.74 Å². The topological polar surface area (TPSA) is 90.2 Å². The van der Waals surface area contributed by atoms with Crippen LogP contribution in [-0.2, 0) is 4.74 Å². The molecule has 180 valence electrons. The van der Waals surface area contributed by atoms with Crippen molar-refractivity contribution in [3.63, 3.8) is 0 Å². The molecule has 0 aromatic heterocycles. The average Bonchev–Trinajstić information content (AvgIpc) is 2.80. The van der Waals surface area contributed by atoms with E-state index in [1.54, 1.807) is 0 Å². The molecule has 0 saturated carbocycles. The van der Waals surface area contributed by atoms with E-state index < -0.39 is 72.9 Å². The van der Waals surface area contributed by atoms with Crippen LogP contribution >= 0.6 is 0 Å². The zero-order valence-electron chi connectivity index (χ0n) is 13.7. The molecule has 0 amide bonds. The molecule has 1 rings (SSSR count). The molecule has 1 fully saturated rings. The van der Waals surface area contributed by atoms with E-state index in [9.17, 15) is 67.3 Å². The standard InChI is InChI=1S/C12H11F13O5/c13-7(14,1-2(26)5-3(27)4(28)6(29)30-5)8(15,16)9(17,18)10(19,20)11(21,22)12(23,24)25/h2-6,26-29H,1H2/t2-,3+,4+,5-,6?/m0/s1. The van der Waals surface area contributed by atoms with Gasteiger partial charge in [-0.2, -0.15) is 57.1 Å². The lowest BCUT2D eigenvalue weighted by Gasteiger charge is -2.40. The van der Waals surface area contributed by atoms with E-state index >= 15 is 0 Å². The molecule has 0 bridgehead atoms. The van der Waals surface area contributed by atoms with Crippen molar-refractivity contribution in [1.29, 1.82) is 0 Å². The number of rotatable bonds is 7. The van der Waals surface area contributed by atoms with Crippen LogP contribution in [0.2, 0.25) is 0 Å². The largest absolute Gasteiger partial charge is 0.460 e. The molecule has 1 aliphatic rings. The molecule has 0 aromatic carbocycles. The van der Waals surface area contributed by atoms with E-state index in [0.717, 1.165) is 0 Å². The zero-order valence-corrected chi connectivity index (χ0v) is 13.7. The van der Waals surface area contributed by atoms with Crippen molar-refractivity contribution >= 4 is 0 Å². The summed E-state index contributed by atoms with van der Waals surface area (Å²) >= 11 is 0. The Balaban J connectivity index is 3.26. The van der Waals surface area contributed by atoms with Crippen molar-refractivity contribution in [3.05, 3.63) is 0 Å². The first-order valence-electron chi connectivity index (χ1n) is 7.31. The second-order valence-corrected chi connectivity index (χ2v) is 6.24. The molecule has 1 saturated heterocycles. The van der Waals surface area contributed by atoms with E-state index in [1.807, 2.05) is 0 Å². The van der Waals surface area contributed by atoms with Crippen molar-refractivity contribution in [1.82, 2.24) is 0 Å². The van der Waals surface area contributed by atoms with Crippen LogP contribution in [0.1, 0.15) is 6.42 Å². The van der Waals surface area contributed by atoms with Gasteiger partial charge < -0.3 is 25.2 Å². The lowest BCUT2D eigenvalue weighted by molar-refractivity contribution is -0.441. The van der Waals surface area contributed by atoms with Crippen LogP contribution in [0.4, 0.5) is 57.1 Å². The first-order chi connectivity index (χ1) is 13.0. The Bertz CT molecular complexity index is 622. The summed E-state index contributed by atoms with van der Waals surface area (Å²) in [4.78, 5) is 0. The van der Waals surface area contributed by atoms with E-state index in [1.165, 1.54) is 0 Å². The molecule has 1 aliphatic heterocycles. The first kappa shape index (κ1) is 26.9. The van der Waals surface area contributed by atoms with Crippen LogP contribution in [0.15, 0.2) is 0 Å². The fourth-order valence-electron chi connectivity index (χ4n) is 2.31. The van der Waals surface area contributed by atoms with Gasteiger partial charge in [-0.25, -0.2) is 0 Å². The molecule has 5 nitrogen and oxygen atoms in total. The minimum atomic E-state index is -8.08. The molecule has 0 radical (unpaired) electrons. The van der Waals surface area contributed by atoms with Gasteiger partial charge in [0.2, 0.25) is 0 Å². The van der Waals surface area contributed by atoms with Gasteiger partial charge in [0.15, 0.2) is 6.29 Å². The Morgan fingerprint density at radius 2 is 1.03 bits per heavy atom. The minimum Gasteiger partial charge on any atom is -0.390 e. The Labute approximate surface area is 156 Å². The lowest BCUT2D eigenvalue weighted by atomic mass is 9.90. The fraction of sp³-hybridized carbons (Fsp3) is 1.00. The summed E-state index contributed by atoms with van der Waals surface area (Å²) in [6.07, 6.45) is -23.6. The third kappa shape index (κ3) is 3.80. The second-order valence-electron chi connectivity index (χ2n) is 6.24. The van der Waals surface area contributed by atoms with Gasteiger partial charge in [-0.1, -0.05) is 0 Å². The molecule has 0 aromatic rings. The normalized spacial score (nSPS) is 28.7. The summed E-state index contributed by atoms with van der Waals surface area (Å²) in [5.74, 6) is -38.2. The molecule has 5 atom stereocenters. The molecule has 1 heterocycles. The van der Waals surface area contributed by atoms with Gasteiger partial charge in [0.1, 0.15) is 18.3 Å². The summed E-state index contributed by atoms with van der Waals surface area (Å²) < 4.78 is 172. The molecule has 1 unspecified atom stereocenters.